The third-order valence-corrected chi connectivity index (χ3v) is 4.54. The van der Waals surface area contributed by atoms with Gasteiger partial charge in [-0.15, -0.1) is 0 Å². The van der Waals surface area contributed by atoms with Crippen LogP contribution in [0, 0.1) is 0 Å². The Morgan fingerprint density at radius 3 is 2.85 bits per heavy atom. The molecule has 1 N–H and O–H groups in total. The molecule has 0 aromatic carbocycles. The monoisotopic (exact) mass is 273 g/mol. The predicted molar refractivity (Wildman–Crippen MR) is 78.6 cm³/mol. The van der Waals surface area contributed by atoms with E-state index < -0.39 is 0 Å². The fourth-order valence-electron chi connectivity index (χ4n) is 3.09. The summed E-state index contributed by atoms with van der Waals surface area (Å²) in [5.41, 5.74) is 1.62. The predicted octanol–water partition coefficient (Wildman–Crippen LogP) is 1.50. The van der Waals surface area contributed by atoms with Crippen molar-refractivity contribution in [2.75, 3.05) is 13.1 Å². The Hall–Kier alpha value is -1.62. The second-order valence-electron chi connectivity index (χ2n) is 5.99. The molecule has 1 saturated heterocycles. The molecule has 0 unspecified atom stereocenters. The topological polar surface area (TPSA) is 47.7 Å². The molecule has 0 radical (unpaired) electrons. The molecule has 1 fully saturated rings. The minimum atomic E-state index is 0.253. The van der Waals surface area contributed by atoms with Gasteiger partial charge in [0.2, 0.25) is 0 Å². The van der Waals surface area contributed by atoms with Crippen LogP contribution in [0.25, 0.3) is 0 Å². The van der Waals surface area contributed by atoms with Crippen molar-refractivity contribution in [2.24, 2.45) is 7.05 Å². The van der Waals surface area contributed by atoms with Crippen LogP contribution in [0.1, 0.15) is 31.3 Å². The number of nitrogens with one attached hydrogen (secondary N) is 1. The van der Waals surface area contributed by atoms with Gasteiger partial charge in [0.25, 0.3) is 0 Å². The molecule has 3 heterocycles. The molecule has 2 aromatic rings. The highest BCUT2D eigenvalue weighted by Gasteiger charge is 2.31. The molecule has 0 aliphatic carbocycles. The summed E-state index contributed by atoms with van der Waals surface area (Å²) in [6.45, 7) is 5.51. The average molecular weight is 273 g/mol. The van der Waals surface area contributed by atoms with Gasteiger partial charge in [-0.05, 0) is 25.9 Å². The second kappa shape index (κ2) is 5.40. The van der Waals surface area contributed by atoms with Crippen LogP contribution in [0.3, 0.4) is 0 Å². The van der Waals surface area contributed by atoms with Gasteiger partial charge in [-0.3, -0.25) is 0 Å². The minimum Gasteiger partial charge on any atom is -0.338 e. The lowest BCUT2D eigenvalue weighted by Gasteiger charge is -2.34. The number of aryl methyl sites for hydroxylation is 3. The third kappa shape index (κ3) is 2.50. The molecular weight excluding hydrogens is 250 g/mol. The Bertz CT molecular complexity index is 562. The molecule has 0 spiro atoms. The first-order valence-electron chi connectivity index (χ1n) is 7.37. The quantitative estimate of drug-likeness (QED) is 0.918. The molecule has 5 heteroatoms. The number of hydrogen-bond acceptors (Lipinski definition) is 3. The fourth-order valence-corrected chi connectivity index (χ4v) is 3.09. The Morgan fingerprint density at radius 2 is 2.15 bits per heavy atom. The van der Waals surface area contributed by atoms with Crippen molar-refractivity contribution in [1.29, 1.82) is 0 Å². The molecule has 20 heavy (non-hydrogen) atoms. The van der Waals surface area contributed by atoms with E-state index in [0.29, 0.717) is 0 Å². The van der Waals surface area contributed by atoms with Gasteiger partial charge in [0.1, 0.15) is 5.82 Å². The van der Waals surface area contributed by atoms with Crippen LogP contribution in [0.4, 0.5) is 0 Å². The number of nitrogens with zero attached hydrogens (tertiary/aromatic N) is 4. The fraction of sp³-hybridized carbons (Fsp3) is 0.600. The summed E-state index contributed by atoms with van der Waals surface area (Å²) in [5.74, 6) is 1.13. The maximum Gasteiger partial charge on any atom is 0.110 e. The number of rotatable bonds is 4. The smallest absolute Gasteiger partial charge is 0.110 e. The molecule has 0 atom stereocenters. The summed E-state index contributed by atoms with van der Waals surface area (Å²) in [6, 6.07) is 0. The molecule has 1 aliphatic rings. The Morgan fingerprint density at radius 1 is 1.35 bits per heavy atom. The molecule has 5 nitrogen and oxygen atoms in total. The molecule has 108 valence electrons. The van der Waals surface area contributed by atoms with Crippen LogP contribution in [0.15, 0.2) is 24.9 Å². The normalized spacial score (nSPS) is 18.3. The molecule has 2 aromatic heterocycles. The van der Waals surface area contributed by atoms with E-state index in [0.717, 1.165) is 31.9 Å². The van der Waals surface area contributed by atoms with E-state index in [-0.39, 0.29) is 5.41 Å². The number of hydrogen-bond donors (Lipinski definition) is 1. The Balaban J connectivity index is 1.75. The third-order valence-electron chi connectivity index (χ3n) is 4.54. The van der Waals surface area contributed by atoms with Crippen LogP contribution < -0.4 is 5.32 Å². The van der Waals surface area contributed by atoms with Gasteiger partial charge in [0.05, 0.1) is 6.33 Å². The summed E-state index contributed by atoms with van der Waals surface area (Å²) in [6.07, 6.45) is 11.2. The molecule has 3 rings (SSSR count). The van der Waals surface area contributed by atoms with Crippen molar-refractivity contribution < 1.29 is 0 Å². The largest absolute Gasteiger partial charge is 0.338 e. The van der Waals surface area contributed by atoms with Crippen molar-refractivity contribution in [3.63, 3.8) is 0 Å². The second-order valence-corrected chi connectivity index (χ2v) is 5.99. The lowest BCUT2D eigenvalue weighted by Crippen LogP contribution is -2.39. The highest BCUT2D eigenvalue weighted by molar-refractivity contribution is 5.15. The van der Waals surface area contributed by atoms with E-state index in [9.17, 15) is 0 Å². The van der Waals surface area contributed by atoms with Crippen molar-refractivity contribution >= 4 is 0 Å². The standard InChI is InChI=1S/C15H23N5/c1-15(4-6-16-7-5-15)13-11-17-12-20(13)9-3-14-18-8-10-19(14)2/h8,10-12,16H,3-7,9H2,1-2H3. The van der Waals surface area contributed by atoms with Gasteiger partial charge in [0, 0.05) is 49.7 Å². The van der Waals surface area contributed by atoms with Gasteiger partial charge in [0.15, 0.2) is 0 Å². The zero-order valence-corrected chi connectivity index (χ0v) is 12.3. The van der Waals surface area contributed by atoms with Gasteiger partial charge in [-0.25, -0.2) is 9.97 Å². The van der Waals surface area contributed by atoms with Crippen molar-refractivity contribution in [3.8, 4) is 0 Å². The molecular formula is C15H23N5. The summed E-state index contributed by atoms with van der Waals surface area (Å²) in [4.78, 5) is 8.77. The summed E-state index contributed by atoms with van der Waals surface area (Å²) >= 11 is 0. The first kappa shape index (κ1) is 13.4. The van der Waals surface area contributed by atoms with Crippen molar-refractivity contribution in [2.45, 2.75) is 38.1 Å². The lowest BCUT2D eigenvalue weighted by atomic mass is 9.78. The van der Waals surface area contributed by atoms with Crippen LogP contribution in [0.2, 0.25) is 0 Å². The van der Waals surface area contributed by atoms with Crippen LogP contribution in [-0.4, -0.2) is 32.2 Å². The van der Waals surface area contributed by atoms with Gasteiger partial charge >= 0.3 is 0 Å². The molecule has 0 bridgehead atoms. The van der Waals surface area contributed by atoms with Crippen molar-refractivity contribution in [3.05, 3.63) is 36.4 Å². The molecule has 0 saturated carbocycles. The van der Waals surface area contributed by atoms with Crippen LogP contribution in [-0.2, 0) is 25.4 Å². The lowest BCUT2D eigenvalue weighted by molar-refractivity contribution is 0.316. The molecule has 0 amide bonds. The summed E-state index contributed by atoms with van der Waals surface area (Å²) in [7, 11) is 2.05. The van der Waals surface area contributed by atoms with Crippen LogP contribution >= 0.6 is 0 Å². The first-order chi connectivity index (χ1) is 9.69. The zero-order valence-electron chi connectivity index (χ0n) is 12.3. The highest BCUT2D eigenvalue weighted by atomic mass is 15.1. The average Bonchev–Trinajstić information content (AvgIpc) is 3.06. The van der Waals surface area contributed by atoms with Gasteiger partial charge in [-0.1, -0.05) is 6.92 Å². The van der Waals surface area contributed by atoms with Gasteiger partial charge in [-0.2, -0.15) is 0 Å². The zero-order chi connectivity index (χ0) is 14.0. The van der Waals surface area contributed by atoms with Gasteiger partial charge < -0.3 is 14.5 Å². The number of aromatic nitrogens is 4. The number of piperidine rings is 1. The van der Waals surface area contributed by atoms with E-state index in [1.54, 1.807) is 0 Å². The van der Waals surface area contributed by atoms with E-state index in [1.165, 1.54) is 18.5 Å². The van der Waals surface area contributed by atoms with E-state index in [4.69, 9.17) is 0 Å². The minimum absolute atomic E-state index is 0.253. The van der Waals surface area contributed by atoms with E-state index >= 15 is 0 Å². The SMILES string of the molecule is Cn1ccnc1CCn1cncc1C1(C)CCNCC1. The highest BCUT2D eigenvalue weighted by Crippen LogP contribution is 2.32. The van der Waals surface area contributed by atoms with E-state index in [2.05, 4.69) is 31.3 Å². The summed E-state index contributed by atoms with van der Waals surface area (Å²) in [5, 5.41) is 3.44. The number of imidazole rings is 2. The summed E-state index contributed by atoms with van der Waals surface area (Å²) < 4.78 is 4.39. The molecule has 1 aliphatic heterocycles. The van der Waals surface area contributed by atoms with Crippen molar-refractivity contribution in [1.82, 2.24) is 24.4 Å². The Labute approximate surface area is 120 Å². The van der Waals surface area contributed by atoms with E-state index in [1.807, 2.05) is 32.0 Å². The Kier molecular flexibility index (Phi) is 3.61. The van der Waals surface area contributed by atoms with Crippen LogP contribution in [0.5, 0.6) is 0 Å². The maximum atomic E-state index is 4.39. The first-order valence-corrected chi connectivity index (χ1v) is 7.37. The maximum absolute atomic E-state index is 4.39.